The first-order chi connectivity index (χ1) is 16.0. The van der Waals surface area contributed by atoms with Crippen LogP contribution in [0.2, 0.25) is 0 Å². The van der Waals surface area contributed by atoms with Gasteiger partial charge in [0.1, 0.15) is 30.1 Å². The number of urea groups is 1. The van der Waals surface area contributed by atoms with Crippen LogP contribution in [0, 0.1) is 5.92 Å². The number of carbonyl (C=O) groups excluding carboxylic acids is 2. The number of amidine groups is 1. The molecule has 0 fully saturated rings. The van der Waals surface area contributed by atoms with Crippen molar-refractivity contribution in [2.45, 2.75) is 6.92 Å². The highest BCUT2D eigenvalue weighted by Crippen LogP contribution is 2.38. The zero-order valence-electron chi connectivity index (χ0n) is 18.0. The summed E-state index contributed by atoms with van der Waals surface area (Å²) >= 11 is 0. The maximum atomic E-state index is 12.6. The highest BCUT2D eigenvalue weighted by atomic mass is 16.5. The first kappa shape index (κ1) is 21.7. The molecule has 170 valence electrons. The molecule has 0 aliphatic carbocycles. The van der Waals surface area contributed by atoms with Crippen molar-refractivity contribution in [2.24, 2.45) is 21.7 Å². The normalized spacial score (nSPS) is 16.7. The van der Waals surface area contributed by atoms with Crippen molar-refractivity contribution in [3.8, 4) is 5.88 Å². The molecule has 2 amide bonds. The number of esters is 1. The number of aliphatic imine (C=N–C) groups is 1. The second kappa shape index (κ2) is 9.34. The Morgan fingerprint density at radius 2 is 2.00 bits per heavy atom. The average molecular weight is 450 g/mol. The number of nitrogens with zero attached hydrogens (tertiary/aromatic N) is 5. The fraction of sp³-hybridized carbons (Fsp3) is 0.238. The van der Waals surface area contributed by atoms with E-state index in [1.807, 2.05) is 0 Å². The van der Waals surface area contributed by atoms with Gasteiger partial charge in [-0.1, -0.05) is 12.1 Å². The van der Waals surface area contributed by atoms with E-state index in [-0.39, 0.29) is 18.4 Å². The number of nitrogens with two attached hydrogens (primary N) is 1. The first-order valence-electron chi connectivity index (χ1n) is 10.1. The van der Waals surface area contributed by atoms with Crippen LogP contribution in [0.3, 0.4) is 0 Å². The quantitative estimate of drug-likeness (QED) is 0.561. The predicted octanol–water partition coefficient (Wildman–Crippen LogP) is 1.65. The van der Waals surface area contributed by atoms with E-state index >= 15 is 0 Å². The van der Waals surface area contributed by atoms with Gasteiger partial charge in [0.2, 0.25) is 5.88 Å². The van der Waals surface area contributed by atoms with Crippen LogP contribution in [0.25, 0.3) is 5.57 Å². The Morgan fingerprint density at radius 3 is 2.73 bits per heavy atom. The van der Waals surface area contributed by atoms with Gasteiger partial charge in [0.25, 0.3) is 0 Å². The maximum absolute atomic E-state index is 12.6. The molecule has 4 N–H and O–H groups in total. The van der Waals surface area contributed by atoms with E-state index in [9.17, 15) is 9.59 Å². The molecule has 1 aromatic carbocycles. The molecule has 3 heterocycles. The lowest BCUT2D eigenvalue weighted by Gasteiger charge is -2.18. The summed E-state index contributed by atoms with van der Waals surface area (Å²) in [6, 6.07) is 8.01. The van der Waals surface area contributed by atoms with Gasteiger partial charge >= 0.3 is 12.0 Å². The molecule has 1 atom stereocenters. The number of hydrazone groups is 1. The standard InChI is InChI=1S/C21H22N8O4/c1-3-33-20(30)14-9-29-18(19(22)25-11-26-29)17(14)12-4-6-13(7-5-12)27-21(31)28-15-8-16(32-2)24-10-23-15/h4-8,10-11,14H,3,9H2,1-2H3,(H2,22,25,26)(H2,23,24,27,28,31). The van der Waals surface area contributed by atoms with Gasteiger partial charge in [0.15, 0.2) is 5.84 Å². The number of hydrogen-bond acceptors (Lipinski definition) is 10. The molecule has 2 aliphatic heterocycles. The van der Waals surface area contributed by atoms with E-state index in [4.69, 9.17) is 15.2 Å². The van der Waals surface area contributed by atoms with Crippen molar-refractivity contribution >= 4 is 41.3 Å². The number of benzene rings is 1. The van der Waals surface area contributed by atoms with Gasteiger partial charge in [0.05, 0.1) is 20.3 Å². The Kier molecular flexibility index (Phi) is 6.15. The van der Waals surface area contributed by atoms with Gasteiger partial charge < -0.3 is 20.5 Å². The fourth-order valence-corrected chi connectivity index (χ4v) is 3.55. The lowest BCUT2D eigenvalue weighted by atomic mass is 9.93. The first-order valence-corrected chi connectivity index (χ1v) is 10.1. The van der Waals surface area contributed by atoms with Crippen LogP contribution in [0.15, 0.2) is 52.5 Å². The number of anilines is 2. The molecule has 1 unspecified atom stereocenters. The molecule has 2 aliphatic rings. The van der Waals surface area contributed by atoms with Gasteiger partial charge in [-0.3, -0.25) is 15.1 Å². The molecule has 0 saturated heterocycles. The molecule has 12 nitrogen and oxygen atoms in total. The Hall–Kier alpha value is -4.48. The van der Waals surface area contributed by atoms with Crippen LogP contribution >= 0.6 is 0 Å². The van der Waals surface area contributed by atoms with Crippen molar-refractivity contribution in [3.63, 3.8) is 0 Å². The predicted molar refractivity (Wildman–Crippen MR) is 122 cm³/mol. The SMILES string of the molecule is CCOC(=O)C1CN2N=CN=C(N)C2=C1c1ccc(NC(=O)Nc2cc(OC)ncn2)cc1. The van der Waals surface area contributed by atoms with Gasteiger partial charge in [-0.15, -0.1) is 0 Å². The summed E-state index contributed by atoms with van der Waals surface area (Å²) in [6.45, 7) is 2.33. The summed E-state index contributed by atoms with van der Waals surface area (Å²) in [5, 5.41) is 11.2. The summed E-state index contributed by atoms with van der Waals surface area (Å²) < 4.78 is 10.3. The van der Waals surface area contributed by atoms with Crippen LogP contribution in [0.5, 0.6) is 5.88 Å². The van der Waals surface area contributed by atoms with Crippen molar-refractivity contribution in [1.82, 2.24) is 15.0 Å². The van der Waals surface area contributed by atoms with Crippen LogP contribution in [0.4, 0.5) is 16.3 Å². The molecular weight excluding hydrogens is 428 g/mol. The van der Waals surface area contributed by atoms with E-state index in [1.165, 1.54) is 25.8 Å². The van der Waals surface area contributed by atoms with Gasteiger partial charge in [-0.05, 0) is 24.6 Å². The molecule has 33 heavy (non-hydrogen) atoms. The van der Waals surface area contributed by atoms with Crippen LogP contribution in [0.1, 0.15) is 12.5 Å². The number of ether oxygens (including phenoxy) is 2. The zero-order valence-corrected chi connectivity index (χ0v) is 18.0. The van der Waals surface area contributed by atoms with Crippen molar-refractivity contribution in [2.75, 3.05) is 30.9 Å². The number of rotatable bonds is 6. The minimum atomic E-state index is -0.571. The number of carbonyl (C=O) groups is 2. The van der Waals surface area contributed by atoms with E-state index < -0.39 is 11.9 Å². The Bertz CT molecular complexity index is 1160. The molecule has 1 aromatic heterocycles. The smallest absolute Gasteiger partial charge is 0.324 e. The summed E-state index contributed by atoms with van der Waals surface area (Å²) in [5.74, 6) is -0.0404. The number of nitrogens with one attached hydrogen (secondary N) is 2. The zero-order chi connectivity index (χ0) is 23.4. The third kappa shape index (κ3) is 4.59. The molecular formula is C21H22N8O4. The highest BCUT2D eigenvalue weighted by Gasteiger charge is 2.40. The van der Waals surface area contributed by atoms with Crippen molar-refractivity contribution in [3.05, 3.63) is 47.9 Å². The monoisotopic (exact) mass is 450 g/mol. The molecule has 0 spiro atoms. The lowest BCUT2D eigenvalue weighted by Crippen LogP contribution is -2.29. The van der Waals surface area contributed by atoms with E-state index in [0.717, 1.165) is 5.56 Å². The van der Waals surface area contributed by atoms with E-state index in [2.05, 4.69) is 30.7 Å². The third-order valence-electron chi connectivity index (χ3n) is 4.97. The number of hydrogen-bond donors (Lipinski definition) is 3. The molecule has 12 heteroatoms. The minimum Gasteiger partial charge on any atom is -0.481 e. The van der Waals surface area contributed by atoms with Gasteiger partial charge in [0, 0.05) is 17.3 Å². The maximum Gasteiger partial charge on any atom is 0.324 e. The number of aromatic nitrogens is 2. The van der Waals surface area contributed by atoms with Crippen molar-refractivity contribution in [1.29, 1.82) is 0 Å². The summed E-state index contributed by atoms with van der Waals surface area (Å²) in [5.41, 5.74) is 8.63. The minimum absolute atomic E-state index is 0.265. The molecule has 0 saturated carbocycles. The number of amides is 2. The molecule has 2 aromatic rings. The van der Waals surface area contributed by atoms with Crippen LogP contribution in [-0.2, 0) is 9.53 Å². The Morgan fingerprint density at radius 1 is 1.21 bits per heavy atom. The summed E-state index contributed by atoms with van der Waals surface area (Å²) in [4.78, 5) is 36.9. The highest BCUT2D eigenvalue weighted by molar-refractivity contribution is 6.11. The van der Waals surface area contributed by atoms with Gasteiger partial charge in [-0.2, -0.15) is 5.10 Å². The average Bonchev–Trinajstić information content (AvgIpc) is 3.21. The second-order valence-electron chi connectivity index (χ2n) is 7.00. The molecule has 0 bridgehead atoms. The second-order valence-corrected chi connectivity index (χ2v) is 7.00. The number of fused-ring (bicyclic) bond motifs is 1. The lowest BCUT2D eigenvalue weighted by molar-refractivity contribution is -0.145. The summed E-state index contributed by atoms with van der Waals surface area (Å²) in [7, 11) is 1.47. The third-order valence-corrected chi connectivity index (χ3v) is 4.97. The number of methoxy groups -OCH3 is 1. The van der Waals surface area contributed by atoms with E-state index in [0.29, 0.717) is 35.2 Å². The van der Waals surface area contributed by atoms with Gasteiger partial charge in [-0.25, -0.2) is 19.8 Å². The topological polar surface area (TPSA) is 156 Å². The van der Waals surface area contributed by atoms with Crippen molar-refractivity contribution < 1.29 is 19.1 Å². The Labute approximate surface area is 189 Å². The van der Waals surface area contributed by atoms with Crippen LogP contribution < -0.4 is 21.1 Å². The fourth-order valence-electron chi connectivity index (χ4n) is 3.55. The largest absolute Gasteiger partial charge is 0.481 e. The Balaban J connectivity index is 1.54. The molecule has 0 radical (unpaired) electrons. The summed E-state index contributed by atoms with van der Waals surface area (Å²) in [6.07, 6.45) is 2.64. The molecule has 4 rings (SSSR count). The van der Waals surface area contributed by atoms with Crippen LogP contribution in [-0.4, -0.2) is 59.4 Å². The van der Waals surface area contributed by atoms with E-state index in [1.54, 1.807) is 36.2 Å².